The van der Waals surface area contributed by atoms with Gasteiger partial charge in [0.15, 0.2) is 0 Å². The van der Waals surface area contributed by atoms with Gasteiger partial charge < -0.3 is 9.88 Å². The van der Waals surface area contributed by atoms with Gasteiger partial charge in [-0.1, -0.05) is 12.1 Å². The van der Waals surface area contributed by atoms with Crippen molar-refractivity contribution in [2.24, 2.45) is 0 Å². The highest BCUT2D eigenvalue weighted by Crippen LogP contribution is 2.21. The first-order valence-electron chi connectivity index (χ1n) is 8.55. The fourth-order valence-corrected chi connectivity index (χ4v) is 3.27. The summed E-state index contributed by atoms with van der Waals surface area (Å²) in [4.78, 5) is 49.2. The minimum atomic E-state index is -0.445. The number of hydrogen-bond donors (Lipinski definition) is 1. The first kappa shape index (κ1) is 19.0. The molecular weight excluding hydrogens is 414 g/mol. The maximum Gasteiger partial charge on any atom is 0.262 e. The molecule has 2 aromatic rings. The molecule has 140 valence electrons. The molecule has 1 aromatic heterocycles. The van der Waals surface area contributed by atoms with Crippen molar-refractivity contribution in [3.8, 4) is 0 Å². The van der Waals surface area contributed by atoms with E-state index in [0.717, 1.165) is 9.37 Å². The molecule has 0 atom stereocenters. The minimum absolute atomic E-state index is 0.0761. The number of carbonyl (C=O) groups excluding carboxylic acids is 3. The van der Waals surface area contributed by atoms with Crippen LogP contribution in [0.5, 0.6) is 0 Å². The van der Waals surface area contributed by atoms with Crippen molar-refractivity contribution in [1.29, 1.82) is 0 Å². The number of aryl methyl sites for hydroxylation is 1. The number of carbonyl (C=O) groups is 3. The summed E-state index contributed by atoms with van der Waals surface area (Å²) in [5, 5.41) is 2.71. The largest absolute Gasteiger partial charge is 0.355 e. The summed E-state index contributed by atoms with van der Waals surface area (Å²) in [6.45, 7) is 0.661. The van der Waals surface area contributed by atoms with E-state index in [2.05, 4.69) is 21.2 Å². The van der Waals surface area contributed by atoms with Crippen molar-refractivity contribution in [3.63, 3.8) is 0 Å². The molecule has 0 aliphatic carbocycles. The van der Waals surface area contributed by atoms with Crippen LogP contribution in [0.1, 0.15) is 33.6 Å². The minimum Gasteiger partial charge on any atom is -0.355 e. The van der Waals surface area contributed by atoms with Gasteiger partial charge in [-0.3, -0.25) is 24.1 Å². The SMILES string of the molecule is O=C(CN1C(=O)c2ccccc2C1=O)NCCCCn1cc(Br)ccc1=O. The molecule has 0 radical (unpaired) electrons. The van der Waals surface area contributed by atoms with E-state index >= 15 is 0 Å². The number of amides is 3. The van der Waals surface area contributed by atoms with Crippen molar-refractivity contribution in [2.45, 2.75) is 19.4 Å². The Kier molecular flexibility index (Phi) is 5.85. The number of pyridine rings is 1. The Balaban J connectivity index is 1.43. The highest BCUT2D eigenvalue weighted by atomic mass is 79.9. The first-order valence-corrected chi connectivity index (χ1v) is 9.34. The van der Waals surface area contributed by atoms with Gasteiger partial charge in [-0.15, -0.1) is 0 Å². The summed E-state index contributed by atoms with van der Waals surface area (Å²) in [5.74, 6) is -1.27. The highest BCUT2D eigenvalue weighted by molar-refractivity contribution is 9.10. The fraction of sp³-hybridized carbons (Fsp3) is 0.263. The average molecular weight is 432 g/mol. The fourth-order valence-electron chi connectivity index (χ4n) is 2.89. The average Bonchev–Trinajstić information content (AvgIpc) is 2.89. The van der Waals surface area contributed by atoms with Crippen LogP contribution in [-0.4, -0.2) is 40.3 Å². The summed E-state index contributed by atoms with van der Waals surface area (Å²) < 4.78 is 2.43. The molecule has 1 aliphatic heterocycles. The van der Waals surface area contributed by atoms with Crippen LogP contribution in [0, 0.1) is 0 Å². The summed E-state index contributed by atoms with van der Waals surface area (Å²) in [5.41, 5.74) is 0.581. The van der Waals surface area contributed by atoms with Crippen molar-refractivity contribution in [1.82, 2.24) is 14.8 Å². The van der Waals surface area contributed by atoms with Gasteiger partial charge in [-0.25, -0.2) is 0 Å². The number of benzene rings is 1. The van der Waals surface area contributed by atoms with Crippen LogP contribution < -0.4 is 10.9 Å². The second-order valence-corrected chi connectivity index (χ2v) is 7.09. The summed E-state index contributed by atoms with van der Waals surface area (Å²) in [6.07, 6.45) is 3.11. The number of rotatable bonds is 7. The van der Waals surface area contributed by atoms with Gasteiger partial charge in [0, 0.05) is 29.8 Å². The predicted octanol–water partition coefficient (Wildman–Crippen LogP) is 1.80. The van der Waals surface area contributed by atoms with E-state index in [4.69, 9.17) is 0 Å². The molecule has 3 amide bonds. The second-order valence-electron chi connectivity index (χ2n) is 6.18. The van der Waals surface area contributed by atoms with Gasteiger partial charge in [0.25, 0.3) is 17.4 Å². The maximum absolute atomic E-state index is 12.2. The third-order valence-electron chi connectivity index (χ3n) is 4.28. The third-order valence-corrected chi connectivity index (χ3v) is 4.74. The topological polar surface area (TPSA) is 88.5 Å². The summed E-state index contributed by atoms with van der Waals surface area (Å²) in [6, 6.07) is 9.72. The molecule has 27 heavy (non-hydrogen) atoms. The number of halogens is 1. The van der Waals surface area contributed by atoms with Gasteiger partial charge in [0.1, 0.15) is 6.54 Å². The zero-order valence-electron chi connectivity index (χ0n) is 14.5. The number of unbranched alkanes of at least 4 members (excludes halogenated alkanes) is 1. The molecule has 1 aromatic carbocycles. The normalized spacial score (nSPS) is 13.0. The molecule has 1 aliphatic rings. The molecule has 2 heterocycles. The molecule has 0 fully saturated rings. The summed E-state index contributed by atoms with van der Waals surface area (Å²) >= 11 is 3.32. The number of nitrogens with one attached hydrogen (secondary N) is 1. The van der Waals surface area contributed by atoms with Gasteiger partial charge in [-0.2, -0.15) is 0 Å². The first-order chi connectivity index (χ1) is 13.0. The lowest BCUT2D eigenvalue weighted by Gasteiger charge is -2.13. The molecule has 3 rings (SSSR count). The summed E-state index contributed by atoms with van der Waals surface area (Å²) in [7, 11) is 0. The molecule has 8 heteroatoms. The second kappa shape index (κ2) is 8.30. The van der Waals surface area contributed by atoms with Gasteiger partial charge in [0.2, 0.25) is 5.91 Å². The monoisotopic (exact) mass is 431 g/mol. The molecule has 0 saturated carbocycles. The number of imide groups is 1. The Morgan fingerprint density at radius 2 is 1.63 bits per heavy atom. The Bertz CT molecular complexity index is 919. The van der Waals surface area contributed by atoms with Gasteiger partial charge in [-0.05, 0) is 47.0 Å². The Morgan fingerprint density at radius 1 is 0.963 bits per heavy atom. The number of fused-ring (bicyclic) bond motifs is 1. The Morgan fingerprint density at radius 3 is 2.30 bits per heavy atom. The molecule has 0 bridgehead atoms. The smallest absolute Gasteiger partial charge is 0.262 e. The van der Waals surface area contributed by atoms with Crippen molar-refractivity contribution in [2.75, 3.05) is 13.1 Å². The van der Waals surface area contributed by atoms with Gasteiger partial charge >= 0.3 is 0 Å². The predicted molar refractivity (Wildman–Crippen MR) is 102 cm³/mol. The van der Waals surface area contributed by atoms with Crippen LogP contribution in [0.15, 0.2) is 51.9 Å². The van der Waals surface area contributed by atoms with E-state index in [-0.39, 0.29) is 18.0 Å². The van der Waals surface area contributed by atoms with Crippen molar-refractivity contribution < 1.29 is 14.4 Å². The van der Waals surface area contributed by atoms with Crippen LogP contribution >= 0.6 is 15.9 Å². The van der Waals surface area contributed by atoms with E-state index in [0.29, 0.717) is 37.1 Å². The molecule has 0 saturated heterocycles. The standard InChI is InChI=1S/C19H18BrN3O4/c20-13-7-8-17(25)22(11-13)10-4-3-9-21-16(24)12-23-18(26)14-5-1-2-6-15(14)19(23)27/h1-2,5-8,11H,3-4,9-10,12H2,(H,21,24). The Hall–Kier alpha value is -2.74. The molecular formula is C19H18BrN3O4. The van der Waals surface area contributed by atoms with Crippen LogP contribution in [0.4, 0.5) is 0 Å². The zero-order valence-corrected chi connectivity index (χ0v) is 16.1. The molecule has 1 N–H and O–H groups in total. The van der Waals surface area contributed by atoms with E-state index in [1.807, 2.05) is 0 Å². The highest BCUT2D eigenvalue weighted by Gasteiger charge is 2.36. The van der Waals surface area contributed by atoms with E-state index in [9.17, 15) is 19.2 Å². The zero-order chi connectivity index (χ0) is 19.4. The molecule has 0 unspecified atom stereocenters. The van der Waals surface area contributed by atoms with Crippen LogP contribution in [0.2, 0.25) is 0 Å². The number of aromatic nitrogens is 1. The quantitative estimate of drug-likeness (QED) is 0.534. The van der Waals surface area contributed by atoms with Crippen LogP contribution in [0.25, 0.3) is 0 Å². The Labute approximate surface area is 164 Å². The van der Waals surface area contributed by atoms with E-state index in [1.165, 1.54) is 6.07 Å². The van der Waals surface area contributed by atoms with Crippen LogP contribution in [0.3, 0.4) is 0 Å². The lowest BCUT2D eigenvalue weighted by Crippen LogP contribution is -2.40. The molecule has 0 spiro atoms. The maximum atomic E-state index is 12.2. The number of hydrogen-bond acceptors (Lipinski definition) is 4. The number of nitrogens with zero attached hydrogens (tertiary/aromatic N) is 2. The van der Waals surface area contributed by atoms with Crippen molar-refractivity contribution in [3.05, 3.63) is 68.5 Å². The van der Waals surface area contributed by atoms with Crippen LogP contribution in [-0.2, 0) is 11.3 Å². The van der Waals surface area contributed by atoms with E-state index < -0.39 is 11.8 Å². The lowest BCUT2D eigenvalue weighted by molar-refractivity contribution is -0.121. The van der Waals surface area contributed by atoms with Gasteiger partial charge in [0.05, 0.1) is 11.1 Å². The lowest BCUT2D eigenvalue weighted by atomic mass is 10.1. The molecule has 7 nitrogen and oxygen atoms in total. The third kappa shape index (κ3) is 4.33. The van der Waals surface area contributed by atoms with E-state index in [1.54, 1.807) is 41.1 Å². The van der Waals surface area contributed by atoms with Crippen molar-refractivity contribution >= 4 is 33.7 Å².